The molecule has 0 unspecified atom stereocenters. The fourth-order valence-corrected chi connectivity index (χ4v) is 10.9. The van der Waals surface area contributed by atoms with Crippen LogP contribution in [0, 0.1) is 17.8 Å². The number of aliphatic hydroxyl groups excluding tert-OH is 2. The van der Waals surface area contributed by atoms with Gasteiger partial charge in [0.05, 0.1) is 18.6 Å². The van der Waals surface area contributed by atoms with Crippen LogP contribution in [0.4, 0.5) is 0 Å². The Kier molecular flexibility index (Phi) is 13.3. The molecule has 10 heteroatoms. The van der Waals surface area contributed by atoms with E-state index < -0.39 is 48.1 Å². The first-order valence-electron chi connectivity index (χ1n) is 23.4. The van der Waals surface area contributed by atoms with Gasteiger partial charge in [-0.1, -0.05) is 90.2 Å². The van der Waals surface area contributed by atoms with Gasteiger partial charge >= 0.3 is 17.6 Å². The lowest BCUT2D eigenvalue weighted by atomic mass is 9.67. The summed E-state index contributed by atoms with van der Waals surface area (Å²) in [5.74, 6) is 5.80. The van der Waals surface area contributed by atoms with Crippen LogP contribution in [-0.2, 0) is 43.1 Å². The highest BCUT2D eigenvalue weighted by Gasteiger charge is 2.53. The highest BCUT2D eigenvalue weighted by Crippen LogP contribution is 2.51. The van der Waals surface area contributed by atoms with Gasteiger partial charge in [0, 0.05) is 41.9 Å². The number of esters is 2. The zero-order chi connectivity index (χ0) is 46.0. The minimum atomic E-state index is -1.29. The summed E-state index contributed by atoms with van der Waals surface area (Å²) in [5, 5.41) is 19.7. The van der Waals surface area contributed by atoms with E-state index in [-0.39, 0.29) is 66.9 Å². The van der Waals surface area contributed by atoms with Crippen molar-refractivity contribution < 1.29 is 43.2 Å². The van der Waals surface area contributed by atoms with Crippen LogP contribution in [0.5, 0.6) is 5.75 Å². The van der Waals surface area contributed by atoms with Gasteiger partial charge in [-0.3, -0.25) is 4.79 Å². The first-order chi connectivity index (χ1) is 32.0. The average Bonchev–Trinajstić information content (AvgIpc) is 3.30. The standard InChI is InChI=1S/C56H58O10/c1-34(2)44-19-15-36-16-20-45-40(27-36)13-7-8-24-56(3)53(65-54(44)60)52(50-48(66-56)22-18-41-30-47(55(61)64-51(41)50)42(23-25-57)32-62-33-58)63-49(59)31-43-29-39(17-21-46(43)45)38-14-9-12-37(28-38)26-35-10-5-4-6-11-35/h4-6,9-12,14,16,18,20,22,27-28,30,39,42-43,46,52-53,57-58H,13,15,17,19,21,23-26,29,31-33H2,1-3H3/t39-,42-,43+,46-,52-,53+,56-/m1/s1. The number of allylic oxidation sites excluding steroid dienone is 1. The van der Waals surface area contributed by atoms with Crippen molar-refractivity contribution in [3.05, 3.63) is 157 Å². The fraction of sp³-hybridized carbons (Fsp3) is 0.411. The Hall–Kier alpha value is -5.99. The molecule has 5 bridgehead atoms. The largest absolute Gasteiger partial charge is 0.482 e. The number of ether oxygens (including phenoxy) is 4. The maximum absolute atomic E-state index is 15.0. The number of aryl methyl sites for hydroxylation is 1. The summed E-state index contributed by atoms with van der Waals surface area (Å²) in [4.78, 5) is 43.5. The van der Waals surface area contributed by atoms with Gasteiger partial charge in [0.15, 0.2) is 17.8 Å². The molecule has 7 atom stereocenters. The van der Waals surface area contributed by atoms with Crippen molar-refractivity contribution >= 4 is 22.9 Å². The number of carbonyl (C=O) groups excluding carboxylic acids is 2. The van der Waals surface area contributed by atoms with Gasteiger partial charge in [0.25, 0.3) is 0 Å². The van der Waals surface area contributed by atoms with E-state index in [1.165, 1.54) is 22.3 Å². The topological polar surface area (TPSA) is 142 Å². The van der Waals surface area contributed by atoms with Gasteiger partial charge in [-0.2, -0.15) is 0 Å². The summed E-state index contributed by atoms with van der Waals surface area (Å²) in [7, 11) is 0. The van der Waals surface area contributed by atoms with Crippen LogP contribution in [0.25, 0.3) is 11.0 Å². The predicted octanol–water partition coefficient (Wildman–Crippen LogP) is 9.45. The Morgan fingerprint density at radius 2 is 1.73 bits per heavy atom. The summed E-state index contributed by atoms with van der Waals surface area (Å²) < 4.78 is 31.6. The number of hydrogen-bond acceptors (Lipinski definition) is 10. The normalized spacial score (nSPS) is 24.3. The minimum Gasteiger partial charge on any atom is -0.482 e. The maximum Gasteiger partial charge on any atom is 0.339 e. The van der Waals surface area contributed by atoms with Crippen molar-refractivity contribution in [2.75, 3.05) is 20.0 Å². The molecule has 4 aromatic carbocycles. The van der Waals surface area contributed by atoms with Crippen molar-refractivity contribution in [3.8, 4) is 17.6 Å². The number of aliphatic hydroxyl groups is 2. The summed E-state index contributed by atoms with van der Waals surface area (Å²) in [6, 6.07) is 31.2. The quantitative estimate of drug-likeness (QED) is 0.0484. The van der Waals surface area contributed by atoms with Crippen LogP contribution in [0.15, 0.2) is 111 Å². The molecule has 9 rings (SSSR count). The second-order valence-corrected chi connectivity index (χ2v) is 19.0. The fourth-order valence-electron chi connectivity index (χ4n) is 10.9. The van der Waals surface area contributed by atoms with Gasteiger partial charge in [0.1, 0.15) is 18.1 Å². The van der Waals surface area contributed by atoms with Gasteiger partial charge in [-0.15, -0.1) is 0 Å². The molecule has 3 aliphatic heterocycles. The minimum absolute atomic E-state index is 0.0145. The summed E-state index contributed by atoms with van der Waals surface area (Å²) in [6.45, 7) is 4.84. The third kappa shape index (κ3) is 9.35. The monoisotopic (exact) mass is 890 g/mol. The molecule has 1 saturated carbocycles. The molecule has 66 heavy (non-hydrogen) atoms. The molecule has 2 N–H and O–H groups in total. The highest BCUT2D eigenvalue weighted by molar-refractivity contribution is 5.90. The Balaban J connectivity index is 1.17. The van der Waals surface area contributed by atoms with Gasteiger partial charge in [-0.05, 0) is 135 Å². The van der Waals surface area contributed by atoms with Crippen LogP contribution >= 0.6 is 0 Å². The van der Waals surface area contributed by atoms with E-state index in [0.717, 1.165) is 42.4 Å². The third-order valence-corrected chi connectivity index (χ3v) is 14.3. The molecule has 10 nitrogen and oxygen atoms in total. The first kappa shape index (κ1) is 45.2. The molecule has 342 valence electrons. The third-order valence-electron chi connectivity index (χ3n) is 14.3. The van der Waals surface area contributed by atoms with Crippen molar-refractivity contribution in [1.82, 2.24) is 0 Å². The molecule has 0 radical (unpaired) electrons. The van der Waals surface area contributed by atoms with E-state index in [1.807, 2.05) is 26.8 Å². The Bertz CT molecular complexity index is 2770. The highest BCUT2D eigenvalue weighted by atomic mass is 16.6. The second kappa shape index (κ2) is 19.5. The van der Waals surface area contributed by atoms with E-state index in [4.69, 9.17) is 23.4 Å². The lowest BCUT2D eigenvalue weighted by molar-refractivity contribution is -0.190. The molecular formula is C56H58O10. The van der Waals surface area contributed by atoms with Crippen LogP contribution < -0.4 is 10.4 Å². The number of hydrogen-bond donors (Lipinski definition) is 2. The first-order valence-corrected chi connectivity index (χ1v) is 23.4. The van der Waals surface area contributed by atoms with E-state index in [1.54, 1.807) is 18.2 Å². The van der Waals surface area contributed by atoms with Gasteiger partial charge in [0.2, 0.25) is 0 Å². The lowest BCUT2D eigenvalue weighted by Gasteiger charge is -2.45. The van der Waals surface area contributed by atoms with Crippen LogP contribution in [0.3, 0.4) is 0 Å². The van der Waals surface area contributed by atoms with Gasteiger partial charge in [-0.25, -0.2) is 9.59 Å². The number of rotatable bonds is 9. The van der Waals surface area contributed by atoms with Gasteiger partial charge < -0.3 is 33.6 Å². The average molecular weight is 891 g/mol. The molecule has 0 amide bonds. The van der Waals surface area contributed by atoms with Crippen LogP contribution in [0.2, 0.25) is 0 Å². The maximum atomic E-state index is 15.0. The smallest absolute Gasteiger partial charge is 0.339 e. The van der Waals surface area contributed by atoms with E-state index in [9.17, 15) is 19.8 Å². The molecule has 1 aromatic heterocycles. The van der Waals surface area contributed by atoms with Crippen molar-refractivity contribution in [1.29, 1.82) is 0 Å². The molecule has 4 heterocycles. The molecule has 1 fully saturated rings. The number of fused-ring (bicyclic) bond motifs is 9. The Labute approximate surface area is 385 Å². The second-order valence-electron chi connectivity index (χ2n) is 19.0. The molecule has 5 aromatic rings. The molecular weight excluding hydrogens is 833 g/mol. The SMILES string of the molecule is CC(C)=C1CCc2ccc3c(c2)CC#CC[C@@]2(C)Oc4ccc5cc([C@H](CCO)COCO)c(=O)oc5c4[C@@H](OC(=O)C[C@@H]4C[C@H](c5cccc(Cc6ccccc6)c5)CC[C@@H]34)[C@@H]2OC1=O. The zero-order valence-electron chi connectivity index (χ0n) is 38.0. The summed E-state index contributed by atoms with van der Waals surface area (Å²) in [5.41, 5.74) is 7.25. The van der Waals surface area contributed by atoms with Crippen LogP contribution in [-0.4, -0.2) is 53.9 Å². The molecule has 0 saturated heterocycles. The van der Waals surface area contributed by atoms with Crippen molar-refractivity contribution in [2.24, 2.45) is 5.92 Å². The Morgan fingerprint density at radius 1 is 0.894 bits per heavy atom. The number of carbonyl (C=O) groups is 2. The molecule has 1 aliphatic carbocycles. The van der Waals surface area contributed by atoms with E-state index >= 15 is 4.79 Å². The van der Waals surface area contributed by atoms with Crippen LogP contribution in [0.1, 0.15) is 134 Å². The molecule has 0 spiro atoms. The van der Waals surface area contributed by atoms with Crippen molar-refractivity contribution in [3.63, 3.8) is 0 Å². The predicted molar refractivity (Wildman–Crippen MR) is 250 cm³/mol. The number of benzene rings is 4. The zero-order valence-corrected chi connectivity index (χ0v) is 38.0. The molecule has 4 aliphatic rings. The Morgan fingerprint density at radius 3 is 2.53 bits per heavy atom. The van der Waals surface area contributed by atoms with E-state index in [0.29, 0.717) is 36.0 Å². The summed E-state index contributed by atoms with van der Waals surface area (Å²) >= 11 is 0. The summed E-state index contributed by atoms with van der Waals surface area (Å²) in [6.07, 6.45) is 3.01. The van der Waals surface area contributed by atoms with E-state index in [2.05, 4.69) is 78.6 Å². The van der Waals surface area contributed by atoms with Crippen molar-refractivity contribution in [2.45, 2.75) is 121 Å². The lowest BCUT2D eigenvalue weighted by Crippen LogP contribution is -2.54.